The molecule has 30 heavy (non-hydrogen) atoms. The number of hydrogen-bond donors (Lipinski definition) is 2. The Morgan fingerprint density at radius 3 is 2.07 bits per heavy atom. The van der Waals surface area contributed by atoms with Gasteiger partial charge >= 0.3 is 0 Å². The fraction of sp³-hybridized carbons (Fsp3) is 0.174. The number of carbonyl (C=O) groups excluding carboxylic acids is 1. The van der Waals surface area contributed by atoms with E-state index in [1.165, 1.54) is 7.11 Å². The second-order valence-corrected chi connectivity index (χ2v) is 8.65. The summed E-state index contributed by atoms with van der Waals surface area (Å²) >= 11 is 0. The van der Waals surface area contributed by atoms with Gasteiger partial charge in [-0.2, -0.15) is 0 Å². The van der Waals surface area contributed by atoms with Gasteiger partial charge in [-0.15, -0.1) is 0 Å². The molecule has 0 bridgehead atoms. The number of sulfonamides is 1. The SMILES string of the molecule is COc1ccccc1NC(=O)c1ccccc1NS(=O)(=O)c1c(C)cc(C)cc1C. The zero-order valence-electron chi connectivity index (χ0n) is 17.3. The summed E-state index contributed by atoms with van der Waals surface area (Å²) in [5.74, 6) is 0.0602. The van der Waals surface area contributed by atoms with E-state index in [0.29, 0.717) is 22.6 Å². The van der Waals surface area contributed by atoms with Crippen LogP contribution in [0.1, 0.15) is 27.0 Å². The maximum absolute atomic E-state index is 13.1. The van der Waals surface area contributed by atoms with Crippen LogP contribution in [0.4, 0.5) is 11.4 Å². The minimum absolute atomic E-state index is 0.198. The van der Waals surface area contributed by atoms with Gasteiger partial charge in [0.15, 0.2) is 0 Å². The van der Waals surface area contributed by atoms with Gasteiger partial charge in [-0.1, -0.05) is 42.0 Å². The van der Waals surface area contributed by atoms with Gasteiger partial charge in [-0.25, -0.2) is 8.42 Å². The lowest BCUT2D eigenvalue weighted by Gasteiger charge is -2.16. The van der Waals surface area contributed by atoms with Crippen LogP contribution < -0.4 is 14.8 Å². The third-order valence-electron chi connectivity index (χ3n) is 4.64. The first-order valence-corrected chi connectivity index (χ1v) is 10.9. The van der Waals surface area contributed by atoms with E-state index in [-0.39, 0.29) is 16.1 Å². The van der Waals surface area contributed by atoms with E-state index in [0.717, 1.165) is 5.56 Å². The molecular formula is C23H24N2O4S. The maximum atomic E-state index is 13.1. The molecule has 0 aliphatic carbocycles. The summed E-state index contributed by atoms with van der Waals surface area (Å²) in [6.45, 7) is 5.44. The lowest BCUT2D eigenvalue weighted by atomic mass is 10.1. The van der Waals surface area contributed by atoms with Crippen LogP contribution in [-0.2, 0) is 10.0 Å². The fourth-order valence-electron chi connectivity index (χ4n) is 3.49. The zero-order chi connectivity index (χ0) is 21.9. The minimum atomic E-state index is -3.89. The molecule has 6 nitrogen and oxygen atoms in total. The predicted molar refractivity (Wildman–Crippen MR) is 119 cm³/mol. The average molecular weight is 425 g/mol. The average Bonchev–Trinajstić information content (AvgIpc) is 2.67. The van der Waals surface area contributed by atoms with Gasteiger partial charge in [0.2, 0.25) is 0 Å². The molecule has 0 saturated carbocycles. The smallest absolute Gasteiger partial charge is 0.262 e. The second kappa shape index (κ2) is 8.59. The number of rotatable bonds is 6. The molecular weight excluding hydrogens is 400 g/mol. The number of anilines is 2. The number of amides is 1. The Bertz CT molecular complexity index is 1180. The largest absolute Gasteiger partial charge is 0.495 e. The molecule has 0 radical (unpaired) electrons. The van der Waals surface area contributed by atoms with Crippen LogP contribution in [0.5, 0.6) is 5.75 Å². The summed E-state index contributed by atoms with van der Waals surface area (Å²) in [6.07, 6.45) is 0. The zero-order valence-corrected chi connectivity index (χ0v) is 18.1. The first-order chi connectivity index (χ1) is 14.2. The molecule has 0 saturated heterocycles. The van der Waals surface area contributed by atoms with Gasteiger partial charge in [0.25, 0.3) is 15.9 Å². The molecule has 0 spiro atoms. The molecule has 0 aliphatic rings. The molecule has 0 heterocycles. The number of ether oxygens (including phenoxy) is 1. The lowest BCUT2D eigenvalue weighted by Crippen LogP contribution is -2.20. The Labute approximate surface area is 177 Å². The van der Waals surface area contributed by atoms with Crippen LogP contribution in [-0.4, -0.2) is 21.4 Å². The summed E-state index contributed by atoms with van der Waals surface area (Å²) in [4.78, 5) is 13.1. The molecule has 0 aliphatic heterocycles. The molecule has 0 fully saturated rings. The highest BCUT2D eigenvalue weighted by Crippen LogP contribution is 2.28. The van der Waals surface area contributed by atoms with Crippen LogP contribution in [0.3, 0.4) is 0 Å². The topological polar surface area (TPSA) is 84.5 Å². The van der Waals surface area contributed by atoms with Crippen molar-refractivity contribution in [3.8, 4) is 5.75 Å². The second-order valence-electron chi connectivity index (χ2n) is 7.03. The van der Waals surface area contributed by atoms with Crippen LogP contribution in [0, 0.1) is 20.8 Å². The van der Waals surface area contributed by atoms with E-state index < -0.39 is 15.9 Å². The Kier molecular flexibility index (Phi) is 6.12. The third-order valence-corrected chi connectivity index (χ3v) is 6.31. The monoisotopic (exact) mass is 424 g/mol. The first kappa shape index (κ1) is 21.4. The predicted octanol–water partition coefficient (Wildman–Crippen LogP) is 4.67. The third kappa shape index (κ3) is 4.46. The van der Waals surface area contributed by atoms with Gasteiger partial charge < -0.3 is 10.1 Å². The van der Waals surface area contributed by atoms with Crippen molar-refractivity contribution in [2.24, 2.45) is 0 Å². The molecule has 0 aromatic heterocycles. The van der Waals surface area contributed by atoms with Crippen molar-refractivity contribution in [2.45, 2.75) is 25.7 Å². The highest BCUT2D eigenvalue weighted by Gasteiger charge is 2.23. The summed E-state index contributed by atoms with van der Waals surface area (Å²) in [7, 11) is -2.37. The summed E-state index contributed by atoms with van der Waals surface area (Å²) in [5.41, 5.74) is 3.18. The van der Waals surface area contributed by atoms with Gasteiger partial charge in [0, 0.05) is 0 Å². The van der Waals surface area contributed by atoms with Crippen LogP contribution in [0.25, 0.3) is 0 Å². The normalized spacial score (nSPS) is 11.1. The van der Waals surface area contributed by atoms with E-state index in [4.69, 9.17) is 4.74 Å². The standard InChI is InChI=1S/C23H24N2O4S/c1-15-13-16(2)22(17(3)14-15)30(27,28)25-19-10-6-5-9-18(19)23(26)24-20-11-7-8-12-21(20)29-4/h5-14,25H,1-4H3,(H,24,26). The molecule has 0 unspecified atom stereocenters. The molecule has 2 N–H and O–H groups in total. The molecule has 156 valence electrons. The number of hydrogen-bond acceptors (Lipinski definition) is 4. The van der Waals surface area contributed by atoms with Crippen LogP contribution in [0.2, 0.25) is 0 Å². The number of para-hydroxylation sites is 3. The van der Waals surface area contributed by atoms with Gasteiger partial charge in [0.1, 0.15) is 5.75 Å². The molecule has 7 heteroatoms. The van der Waals surface area contributed by atoms with E-state index in [9.17, 15) is 13.2 Å². The van der Waals surface area contributed by atoms with Crippen molar-refractivity contribution < 1.29 is 17.9 Å². The van der Waals surface area contributed by atoms with Crippen LogP contribution in [0.15, 0.2) is 65.6 Å². The maximum Gasteiger partial charge on any atom is 0.262 e. The van der Waals surface area contributed by atoms with Gasteiger partial charge in [-0.3, -0.25) is 9.52 Å². The quantitative estimate of drug-likeness (QED) is 0.602. The van der Waals surface area contributed by atoms with Crippen molar-refractivity contribution in [1.82, 2.24) is 0 Å². The number of nitrogens with one attached hydrogen (secondary N) is 2. The Balaban J connectivity index is 1.95. The molecule has 0 atom stereocenters. The Morgan fingerprint density at radius 1 is 0.867 bits per heavy atom. The van der Waals surface area contributed by atoms with Crippen molar-refractivity contribution in [3.05, 3.63) is 82.9 Å². The summed E-state index contributed by atoms with van der Waals surface area (Å²) in [6, 6.07) is 17.1. The van der Waals surface area contributed by atoms with Gasteiger partial charge in [0.05, 0.1) is 28.9 Å². The molecule has 3 rings (SSSR count). The molecule has 3 aromatic rings. The summed E-state index contributed by atoms with van der Waals surface area (Å²) in [5, 5.41) is 2.78. The van der Waals surface area contributed by atoms with E-state index in [1.54, 1.807) is 62.4 Å². The van der Waals surface area contributed by atoms with E-state index in [1.807, 2.05) is 19.1 Å². The highest BCUT2D eigenvalue weighted by atomic mass is 32.2. The molecule has 1 amide bonds. The number of carbonyl (C=O) groups is 1. The summed E-state index contributed by atoms with van der Waals surface area (Å²) < 4.78 is 34.1. The fourth-order valence-corrected chi connectivity index (χ4v) is 5.03. The van der Waals surface area contributed by atoms with Crippen molar-refractivity contribution in [3.63, 3.8) is 0 Å². The Morgan fingerprint density at radius 2 is 1.43 bits per heavy atom. The highest BCUT2D eigenvalue weighted by molar-refractivity contribution is 7.92. The van der Waals surface area contributed by atoms with Crippen molar-refractivity contribution >= 4 is 27.3 Å². The van der Waals surface area contributed by atoms with Crippen molar-refractivity contribution in [2.75, 3.05) is 17.1 Å². The van der Waals surface area contributed by atoms with Gasteiger partial charge in [-0.05, 0) is 56.2 Å². The number of methoxy groups -OCH3 is 1. The van der Waals surface area contributed by atoms with Crippen LogP contribution >= 0.6 is 0 Å². The van der Waals surface area contributed by atoms with E-state index in [2.05, 4.69) is 10.0 Å². The Hall–Kier alpha value is -3.32. The molecule has 3 aromatic carbocycles. The number of aryl methyl sites for hydroxylation is 3. The van der Waals surface area contributed by atoms with Crippen molar-refractivity contribution in [1.29, 1.82) is 0 Å². The lowest BCUT2D eigenvalue weighted by molar-refractivity contribution is 0.102. The minimum Gasteiger partial charge on any atom is -0.495 e. The van der Waals surface area contributed by atoms with E-state index >= 15 is 0 Å². The number of benzene rings is 3. The first-order valence-electron chi connectivity index (χ1n) is 9.37.